The number of amides is 1. The predicted octanol–water partition coefficient (Wildman–Crippen LogP) is 3.40. The molecule has 2 rings (SSSR count). The first-order valence-corrected chi connectivity index (χ1v) is 6.73. The molecule has 0 aliphatic carbocycles. The Labute approximate surface area is 128 Å². The first kappa shape index (κ1) is 14.6. The van der Waals surface area contributed by atoms with Gasteiger partial charge in [-0.25, -0.2) is 4.39 Å². The molecule has 0 saturated carbocycles. The number of nitrogens with one attached hydrogen (secondary N) is 1. The first-order chi connectivity index (χ1) is 9.52. The molecular weight excluding hydrogens is 376 g/mol. The Morgan fingerprint density at radius 1 is 1.35 bits per heavy atom. The van der Waals surface area contributed by atoms with Crippen molar-refractivity contribution >= 4 is 34.2 Å². The topological polar surface area (TPSA) is 58.6 Å². The van der Waals surface area contributed by atoms with Crippen LogP contribution in [0.3, 0.4) is 0 Å². The number of carbonyl (C=O) groups excluding carboxylic acids is 1. The largest absolute Gasteiger partial charge is 0.504 e. The molecule has 0 heterocycles. The Hall–Kier alpha value is -1.83. The number of hydrogen-bond acceptors (Lipinski definition) is 3. The number of para-hydroxylation sites is 1. The molecular formula is C14H11FINO3. The number of benzene rings is 2. The maximum Gasteiger partial charge on any atom is 0.259 e. The Balaban J connectivity index is 2.28. The van der Waals surface area contributed by atoms with E-state index in [0.29, 0.717) is 9.26 Å². The fourth-order valence-electron chi connectivity index (χ4n) is 1.65. The Bertz CT molecular complexity index is 661. The monoisotopic (exact) mass is 387 g/mol. The van der Waals surface area contributed by atoms with Crippen molar-refractivity contribution in [1.29, 1.82) is 0 Å². The summed E-state index contributed by atoms with van der Waals surface area (Å²) in [5, 5.41) is 12.5. The highest BCUT2D eigenvalue weighted by atomic mass is 127. The molecule has 0 aliphatic rings. The number of phenols is 1. The molecule has 1 amide bonds. The zero-order valence-corrected chi connectivity index (χ0v) is 12.6. The Morgan fingerprint density at radius 3 is 2.75 bits per heavy atom. The highest BCUT2D eigenvalue weighted by Gasteiger charge is 2.15. The summed E-state index contributed by atoms with van der Waals surface area (Å²) < 4.78 is 18.5. The third kappa shape index (κ3) is 3.01. The minimum atomic E-state index is -0.495. The average molecular weight is 387 g/mol. The highest BCUT2D eigenvalue weighted by molar-refractivity contribution is 14.1. The molecule has 0 aliphatic heterocycles. The lowest BCUT2D eigenvalue weighted by Gasteiger charge is -2.10. The lowest BCUT2D eigenvalue weighted by Crippen LogP contribution is -2.13. The van der Waals surface area contributed by atoms with E-state index in [0.717, 1.165) is 0 Å². The highest BCUT2D eigenvalue weighted by Crippen LogP contribution is 2.30. The average Bonchev–Trinajstić information content (AvgIpc) is 2.42. The molecule has 0 aromatic heterocycles. The van der Waals surface area contributed by atoms with Gasteiger partial charge in [0.15, 0.2) is 11.5 Å². The summed E-state index contributed by atoms with van der Waals surface area (Å²) in [5.41, 5.74) is 0.559. The van der Waals surface area contributed by atoms with E-state index >= 15 is 0 Å². The van der Waals surface area contributed by atoms with Gasteiger partial charge in [-0.1, -0.05) is 6.07 Å². The third-order valence-electron chi connectivity index (χ3n) is 2.64. The normalized spacial score (nSPS) is 10.2. The van der Waals surface area contributed by atoms with Crippen LogP contribution in [0.1, 0.15) is 10.4 Å². The molecule has 0 radical (unpaired) electrons. The van der Waals surface area contributed by atoms with Gasteiger partial charge in [0.2, 0.25) is 0 Å². The van der Waals surface area contributed by atoms with Crippen LogP contribution < -0.4 is 10.1 Å². The molecule has 2 aromatic rings. The van der Waals surface area contributed by atoms with E-state index in [1.165, 1.54) is 31.4 Å². The quantitative estimate of drug-likeness (QED) is 0.794. The molecule has 20 heavy (non-hydrogen) atoms. The minimum absolute atomic E-state index is 0.0875. The van der Waals surface area contributed by atoms with Crippen molar-refractivity contribution in [3.05, 3.63) is 51.3 Å². The Kier molecular flexibility index (Phi) is 4.43. The van der Waals surface area contributed by atoms with Gasteiger partial charge in [0.05, 0.1) is 18.4 Å². The molecule has 4 nitrogen and oxygen atoms in total. The molecule has 2 N–H and O–H groups in total. The van der Waals surface area contributed by atoms with E-state index in [2.05, 4.69) is 5.32 Å². The van der Waals surface area contributed by atoms with Crippen LogP contribution in [-0.2, 0) is 0 Å². The molecule has 0 fully saturated rings. The predicted molar refractivity (Wildman–Crippen MR) is 81.7 cm³/mol. The summed E-state index contributed by atoms with van der Waals surface area (Å²) in [6.07, 6.45) is 0. The summed E-state index contributed by atoms with van der Waals surface area (Å²) in [6, 6.07) is 8.65. The van der Waals surface area contributed by atoms with E-state index in [1.807, 2.05) is 22.6 Å². The van der Waals surface area contributed by atoms with E-state index in [-0.39, 0.29) is 22.9 Å². The van der Waals surface area contributed by atoms with Gasteiger partial charge in [-0.05, 0) is 52.9 Å². The molecule has 0 bridgehead atoms. The maximum absolute atomic E-state index is 13.0. The number of aromatic hydroxyl groups is 1. The van der Waals surface area contributed by atoms with Gasteiger partial charge >= 0.3 is 0 Å². The van der Waals surface area contributed by atoms with E-state index < -0.39 is 5.91 Å². The SMILES string of the molecule is COc1cccc(C(=O)Nc2ccc(F)cc2I)c1O. The molecule has 0 saturated heterocycles. The number of anilines is 1. The summed E-state index contributed by atoms with van der Waals surface area (Å²) in [4.78, 5) is 12.1. The van der Waals surface area contributed by atoms with Gasteiger partial charge in [-0.3, -0.25) is 4.79 Å². The van der Waals surface area contributed by atoms with Gasteiger partial charge < -0.3 is 15.2 Å². The Morgan fingerprint density at radius 2 is 2.10 bits per heavy atom. The summed E-state index contributed by atoms with van der Waals surface area (Å²) in [5.74, 6) is -0.890. The van der Waals surface area contributed by atoms with E-state index in [1.54, 1.807) is 12.1 Å². The van der Waals surface area contributed by atoms with Gasteiger partial charge in [-0.2, -0.15) is 0 Å². The molecule has 0 atom stereocenters. The zero-order valence-electron chi connectivity index (χ0n) is 10.5. The molecule has 2 aromatic carbocycles. The van der Waals surface area contributed by atoms with Crippen LogP contribution in [0.2, 0.25) is 0 Å². The van der Waals surface area contributed by atoms with Crippen LogP contribution in [0, 0.1) is 9.39 Å². The molecule has 0 unspecified atom stereocenters. The van der Waals surface area contributed by atoms with Gasteiger partial charge in [0.1, 0.15) is 5.82 Å². The standard InChI is InChI=1S/C14H11FINO3/c1-20-12-4-2-3-9(13(12)18)14(19)17-11-6-5-8(15)7-10(11)16/h2-7,18H,1H3,(H,17,19). The van der Waals surface area contributed by atoms with Crippen LogP contribution in [-0.4, -0.2) is 18.1 Å². The number of carbonyl (C=O) groups is 1. The van der Waals surface area contributed by atoms with E-state index in [4.69, 9.17) is 4.74 Å². The fourth-order valence-corrected chi connectivity index (χ4v) is 2.26. The van der Waals surface area contributed by atoms with Crippen LogP contribution in [0.15, 0.2) is 36.4 Å². The van der Waals surface area contributed by atoms with Crippen molar-refractivity contribution in [3.8, 4) is 11.5 Å². The zero-order chi connectivity index (χ0) is 14.7. The van der Waals surface area contributed by atoms with Crippen LogP contribution in [0.25, 0.3) is 0 Å². The van der Waals surface area contributed by atoms with Gasteiger partial charge in [-0.15, -0.1) is 0 Å². The summed E-state index contributed by atoms with van der Waals surface area (Å²) in [6.45, 7) is 0. The van der Waals surface area contributed by atoms with E-state index in [9.17, 15) is 14.3 Å². The maximum atomic E-state index is 13.0. The number of phenolic OH excluding ortho intramolecular Hbond substituents is 1. The van der Waals surface area contributed by atoms with Crippen molar-refractivity contribution < 1.29 is 19.0 Å². The number of rotatable bonds is 3. The third-order valence-corrected chi connectivity index (χ3v) is 3.54. The second kappa shape index (κ2) is 6.08. The van der Waals surface area contributed by atoms with Gasteiger partial charge in [0, 0.05) is 3.57 Å². The summed E-state index contributed by atoms with van der Waals surface area (Å²) >= 11 is 1.92. The smallest absolute Gasteiger partial charge is 0.259 e. The molecule has 104 valence electrons. The van der Waals surface area contributed by atoms with Crippen molar-refractivity contribution in [1.82, 2.24) is 0 Å². The minimum Gasteiger partial charge on any atom is -0.504 e. The fraction of sp³-hybridized carbons (Fsp3) is 0.0714. The van der Waals surface area contributed by atoms with Crippen molar-refractivity contribution in [2.24, 2.45) is 0 Å². The molecule has 6 heteroatoms. The number of methoxy groups -OCH3 is 1. The second-order valence-corrected chi connectivity index (χ2v) is 5.10. The summed E-state index contributed by atoms with van der Waals surface area (Å²) in [7, 11) is 1.40. The van der Waals surface area contributed by atoms with Gasteiger partial charge in [0.25, 0.3) is 5.91 Å². The van der Waals surface area contributed by atoms with Crippen molar-refractivity contribution in [2.45, 2.75) is 0 Å². The number of ether oxygens (including phenoxy) is 1. The van der Waals surface area contributed by atoms with Crippen molar-refractivity contribution in [3.63, 3.8) is 0 Å². The second-order valence-electron chi connectivity index (χ2n) is 3.93. The van der Waals surface area contributed by atoms with Crippen LogP contribution in [0.4, 0.5) is 10.1 Å². The van der Waals surface area contributed by atoms with Crippen LogP contribution >= 0.6 is 22.6 Å². The number of halogens is 2. The first-order valence-electron chi connectivity index (χ1n) is 5.65. The lowest BCUT2D eigenvalue weighted by atomic mass is 10.1. The number of hydrogen-bond donors (Lipinski definition) is 2. The lowest BCUT2D eigenvalue weighted by molar-refractivity contribution is 0.102. The van der Waals surface area contributed by atoms with Crippen molar-refractivity contribution in [2.75, 3.05) is 12.4 Å². The molecule has 0 spiro atoms. The van der Waals surface area contributed by atoms with Crippen LogP contribution in [0.5, 0.6) is 11.5 Å².